The summed E-state index contributed by atoms with van der Waals surface area (Å²) in [6.45, 7) is 11.5. The third-order valence-electron chi connectivity index (χ3n) is 2.32. The van der Waals surface area contributed by atoms with Crippen LogP contribution in [0.25, 0.3) is 0 Å². The fourth-order valence-corrected chi connectivity index (χ4v) is 1.44. The lowest BCUT2D eigenvalue weighted by Gasteiger charge is -2.26. The average Bonchev–Trinajstić information content (AvgIpc) is 2.37. The molecule has 0 saturated heterocycles. The molecule has 1 aliphatic heterocycles. The van der Waals surface area contributed by atoms with Crippen molar-refractivity contribution in [1.29, 1.82) is 0 Å². The zero-order valence-corrected chi connectivity index (χ0v) is 11.3. The number of aliphatic hydroxyl groups excluding tert-OH is 1. The van der Waals surface area contributed by atoms with Gasteiger partial charge < -0.3 is 10.4 Å². The van der Waals surface area contributed by atoms with Crippen molar-refractivity contribution in [2.24, 2.45) is 15.6 Å². The Morgan fingerprint density at radius 1 is 1.18 bits per heavy atom. The molecule has 1 atom stereocenters. The van der Waals surface area contributed by atoms with Crippen LogP contribution in [0.1, 0.15) is 41.5 Å². The summed E-state index contributed by atoms with van der Waals surface area (Å²) < 4.78 is 0. The third-order valence-corrected chi connectivity index (χ3v) is 2.32. The van der Waals surface area contributed by atoms with Crippen LogP contribution >= 0.6 is 0 Å². The second-order valence-corrected chi connectivity index (χ2v) is 6.38. The number of nitrogens with one attached hydrogen (secondary N) is 1. The van der Waals surface area contributed by atoms with Crippen LogP contribution in [0.15, 0.2) is 21.7 Å². The van der Waals surface area contributed by atoms with Crippen molar-refractivity contribution >= 4 is 5.91 Å². The van der Waals surface area contributed by atoms with Gasteiger partial charge in [0.1, 0.15) is 5.76 Å². The number of azo groups is 1. The molecule has 2 N–H and O–H groups in total. The topological polar surface area (TPSA) is 74.1 Å². The van der Waals surface area contributed by atoms with Gasteiger partial charge in [-0.15, -0.1) is 5.11 Å². The predicted octanol–water partition coefficient (Wildman–Crippen LogP) is 2.55. The van der Waals surface area contributed by atoms with Crippen molar-refractivity contribution < 1.29 is 9.90 Å². The fourth-order valence-electron chi connectivity index (χ4n) is 1.44. The van der Waals surface area contributed by atoms with Gasteiger partial charge >= 0.3 is 0 Å². The molecule has 1 rings (SSSR count). The van der Waals surface area contributed by atoms with Crippen LogP contribution in [-0.4, -0.2) is 22.6 Å². The molecule has 0 aliphatic carbocycles. The molecule has 1 aliphatic rings. The monoisotopic (exact) mass is 239 g/mol. The van der Waals surface area contributed by atoms with Crippen LogP contribution in [0.4, 0.5) is 0 Å². The Labute approximate surface area is 102 Å². The van der Waals surface area contributed by atoms with E-state index in [9.17, 15) is 9.90 Å². The minimum Gasteiger partial charge on any atom is -0.508 e. The van der Waals surface area contributed by atoms with E-state index >= 15 is 0 Å². The number of nitrogens with zero attached hydrogens (tertiary/aromatic N) is 2. The number of aliphatic hydroxyl groups is 1. The van der Waals surface area contributed by atoms with E-state index in [0.717, 1.165) is 0 Å². The summed E-state index contributed by atoms with van der Waals surface area (Å²) in [4.78, 5) is 11.7. The van der Waals surface area contributed by atoms with Gasteiger partial charge in [0.25, 0.3) is 5.91 Å². The first kappa shape index (κ1) is 13.7. The normalized spacial score (nSPS) is 22.5. The summed E-state index contributed by atoms with van der Waals surface area (Å²) in [5, 5.41) is 20.6. The van der Waals surface area contributed by atoms with Crippen LogP contribution in [-0.2, 0) is 4.79 Å². The molecule has 0 bridgehead atoms. The van der Waals surface area contributed by atoms with Gasteiger partial charge in [0, 0.05) is 0 Å². The molecule has 1 heterocycles. The molecule has 0 aromatic rings. The Bertz CT molecular complexity index is 384. The molecule has 0 spiro atoms. The predicted molar refractivity (Wildman–Crippen MR) is 65.6 cm³/mol. The van der Waals surface area contributed by atoms with Gasteiger partial charge in [-0.25, -0.2) is 0 Å². The van der Waals surface area contributed by atoms with E-state index in [4.69, 9.17) is 0 Å². The van der Waals surface area contributed by atoms with Gasteiger partial charge in [-0.1, -0.05) is 20.8 Å². The molecular formula is C12H21N3O2. The second-order valence-electron chi connectivity index (χ2n) is 6.38. The molecule has 96 valence electrons. The van der Waals surface area contributed by atoms with Crippen LogP contribution in [0.5, 0.6) is 0 Å². The molecule has 1 unspecified atom stereocenters. The minimum atomic E-state index is -0.399. The Kier molecular flexibility index (Phi) is 3.32. The Hall–Kier alpha value is -1.39. The molecule has 0 fully saturated rings. The van der Waals surface area contributed by atoms with E-state index in [2.05, 4.69) is 15.5 Å². The van der Waals surface area contributed by atoms with E-state index in [1.807, 2.05) is 41.5 Å². The van der Waals surface area contributed by atoms with Gasteiger partial charge in [0.2, 0.25) is 0 Å². The molecule has 0 aromatic heterocycles. The summed E-state index contributed by atoms with van der Waals surface area (Å²) in [5.74, 6) is -0.383. The minimum absolute atomic E-state index is 0.0181. The standard InChI is InChI=1S/C12H21N3O2/c1-11(2,3)9-8(16)7(10(17)13-9)14-15-12(4,5)6/h9,16H,1-6H3,(H,13,17). The average molecular weight is 239 g/mol. The van der Waals surface area contributed by atoms with Gasteiger partial charge in [-0.3, -0.25) is 4.79 Å². The first-order valence-corrected chi connectivity index (χ1v) is 5.69. The van der Waals surface area contributed by atoms with Crippen molar-refractivity contribution in [3.8, 4) is 0 Å². The lowest BCUT2D eigenvalue weighted by atomic mass is 9.86. The van der Waals surface area contributed by atoms with E-state index < -0.39 is 6.04 Å². The van der Waals surface area contributed by atoms with Crippen molar-refractivity contribution in [2.75, 3.05) is 0 Å². The SMILES string of the molecule is CC(C)(C)N=NC1=C(O)C(C(C)(C)C)NC1=O. The van der Waals surface area contributed by atoms with Crippen LogP contribution in [0.2, 0.25) is 0 Å². The molecule has 0 aromatic carbocycles. The van der Waals surface area contributed by atoms with Crippen LogP contribution in [0, 0.1) is 5.41 Å². The molecule has 1 amide bonds. The Morgan fingerprint density at radius 3 is 2.06 bits per heavy atom. The summed E-state index contributed by atoms with van der Waals surface area (Å²) >= 11 is 0. The highest BCUT2D eigenvalue weighted by atomic mass is 16.3. The molecule has 5 nitrogen and oxygen atoms in total. The van der Waals surface area contributed by atoms with Crippen molar-refractivity contribution in [3.05, 3.63) is 11.5 Å². The van der Waals surface area contributed by atoms with E-state index in [1.165, 1.54) is 0 Å². The van der Waals surface area contributed by atoms with Gasteiger partial charge in [0.05, 0.1) is 11.6 Å². The van der Waals surface area contributed by atoms with E-state index in [-0.39, 0.29) is 28.3 Å². The molecule has 5 heteroatoms. The van der Waals surface area contributed by atoms with Gasteiger partial charge in [-0.05, 0) is 26.2 Å². The zero-order valence-electron chi connectivity index (χ0n) is 11.3. The van der Waals surface area contributed by atoms with E-state index in [0.29, 0.717) is 0 Å². The number of hydrogen-bond acceptors (Lipinski definition) is 4. The van der Waals surface area contributed by atoms with E-state index in [1.54, 1.807) is 0 Å². The van der Waals surface area contributed by atoms with Crippen molar-refractivity contribution in [3.63, 3.8) is 0 Å². The number of hydrogen-bond donors (Lipinski definition) is 2. The fraction of sp³-hybridized carbons (Fsp3) is 0.750. The number of rotatable bonds is 1. The lowest BCUT2D eigenvalue weighted by molar-refractivity contribution is -0.117. The quantitative estimate of drug-likeness (QED) is 0.690. The number of carbonyl (C=O) groups is 1. The van der Waals surface area contributed by atoms with Crippen LogP contribution < -0.4 is 5.32 Å². The second kappa shape index (κ2) is 4.13. The smallest absolute Gasteiger partial charge is 0.275 e. The summed E-state index contributed by atoms with van der Waals surface area (Å²) in [7, 11) is 0. The molecule has 0 saturated carbocycles. The highest BCUT2D eigenvalue weighted by Gasteiger charge is 2.39. The van der Waals surface area contributed by atoms with Crippen LogP contribution in [0.3, 0.4) is 0 Å². The van der Waals surface area contributed by atoms with Gasteiger partial charge in [-0.2, -0.15) is 5.11 Å². The maximum atomic E-state index is 11.7. The summed E-state index contributed by atoms with van der Waals surface area (Å²) in [6, 6.07) is -0.399. The first-order chi connectivity index (χ1) is 7.52. The first-order valence-electron chi connectivity index (χ1n) is 5.69. The van der Waals surface area contributed by atoms with Crippen molar-refractivity contribution in [1.82, 2.24) is 5.32 Å². The number of amides is 1. The highest BCUT2D eigenvalue weighted by Crippen LogP contribution is 2.30. The molecule has 17 heavy (non-hydrogen) atoms. The molecule has 0 radical (unpaired) electrons. The lowest BCUT2D eigenvalue weighted by Crippen LogP contribution is -2.39. The maximum Gasteiger partial charge on any atom is 0.275 e. The summed E-state index contributed by atoms with van der Waals surface area (Å²) in [5.41, 5.74) is -0.591. The molecular weight excluding hydrogens is 218 g/mol. The van der Waals surface area contributed by atoms with Gasteiger partial charge in [0.15, 0.2) is 5.70 Å². The summed E-state index contributed by atoms with van der Waals surface area (Å²) in [6.07, 6.45) is 0. The number of carbonyl (C=O) groups excluding carboxylic acids is 1. The maximum absolute atomic E-state index is 11.7. The Balaban J connectivity index is 3.03. The zero-order chi connectivity index (χ0) is 13.4. The van der Waals surface area contributed by atoms with Crippen molar-refractivity contribution in [2.45, 2.75) is 53.1 Å². The highest BCUT2D eigenvalue weighted by molar-refractivity contribution is 5.96. The largest absolute Gasteiger partial charge is 0.508 e. The third kappa shape index (κ3) is 3.28. The Morgan fingerprint density at radius 2 is 1.71 bits per heavy atom.